The topological polar surface area (TPSA) is 76.7 Å². The van der Waals surface area contributed by atoms with Crippen molar-refractivity contribution in [1.82, 2.24) is 4.72 Å². The largest absolute Gasteiger partial charge is 0.497 e. The lowest BCUT2D eigenvalue weighted by Crippen LogP contribution is -2.41. The third kappa shape index (κ3) is 3.27. The minimum absolute atomic E-state index is 0.118. The van der Waals surface area contributed by atoms with E-state index in [0.29, 0.717) is 0 Å². The zero-order valence-corrected chi connectivity index (χ0v) is 14.0. The smallest absolute Gasteiger partial charge is 0.399 e. The van der Waals surface area contributed by atoms with Crippen LogP contribution in [0, 0.1) is 5.82 Å². The summed E-state index contributed by atoms with van der Waals surface area (Å²) in [6.45, 7) is 7.50. The highest BCUT2D eigenvalue weighted by Gasteiger charge is 2.52. The van der Waals surface area contributed by atoms with Gasteiger partial charge >= 0.3 is 7.12 Å². The van der Waals surface area contributed by atoms with Gasteiger partial charge in [-0.1, -0.05) is 6.07 Å². The van der Waals surface area contributed by atoms with Crippen molar-refractivity contribution in [3.63, 3.8) is 0 Å². The Morgan fingerprint density at radius 1 is 1.14 bits per heavy atom. The fraction of sp³-hybridized carbons (Fsp3) is 0.538. The second kappa shape index (κ2) is 5.49. The lowest BCUT2D eigenvalue weighted by Gasteiger charge is -2.32. The molecular formula is C13H20BFN2O4S. The van der Waals surface area contributed by atoms with Crippen molar-refractivity contribution in [3.05, 3.63) is 24.0 Å². The molecule has 0 aliphatic carbocycles. The van der Waals surface area contributed by atoms with Crippen molar-refractivity contribution >= 4 is 28.5 Å². The Morgan fingerprint density at radius 3 is 2.14 bits per heavy atom. The predicted molar refractivity (Wildman–Crippen MR) is 83.7 cm³/mol. The van der Waals surface area contributed by atoms with Gasteiger partial charge in [0.2, 0.25) is 0 Å². The molecule has 0 amide bonds. The van der Waals surface area contributed by atoms with E-state index in [0.717, 1.165) is 6.07 Å². The zero-order chi connectivity index (χ0) is 16.8. The van der Waals surface area contributed by atoms with Gasteiger partial charge in [-0.2, -0.15) is 8.42 Å². The van der Waals surface area contributed by atoms with Crippen molar-refractivity contribution in [2.75, 3.05) is 11.8 Å². The molecule has 1 aromatic carbocycles. The summed E-state index contributed by atoms with van der Waals surface area (Å²) in [5.74, 6) is -0.602. The monoisotopic (exact) mass is 330 g/mol. The van der Waals surface area contributed by atoms with Crippen LogP contribution >= 0.6 is 0 Å². The van der Waals surface area contributed by atoms with E-state index >= 15 is 0 Å². The number of halogens is 1. The van der Waals surface area contributed by atoms with E-state index in [1.165, 1.54) is 19.2 Å². The molecular weight excluding hydrogens is 310 g/mol. The molecule has 0 bridgehead atoms. The van der Waals surface area contributed by atoms with Gasteiger partial charge in [0.25, 0.3) is 10.2 Å². The van der Waals surface area contributed by atoms with E-state index in [9.17, 15) is 12.8 Å². The Balaban J connectivity index is 2.25. The van der Waals surface area contributed by atoms with Crippen LogP contribution in [0.25, 0.3) is 0 Å². The van der Waals surface area contributed by atoms with Crippen LogP contribution in [0.4, 0.5) is 10.1 Å². The quantitative estimate of drug-likeness (QED) is 0.808. The average molecular weight is 330 g/mol. The van der Waals surface area contributed by atoms with Gasteiger partial charge in [0.1, 0.15) is 5.82 Å². The van der Waals surface area contributed by atoms with E-state index in [-0.39, 0.29) is 11.2 Å². The first-order chi connectivity index (χ1) is 9.97. The molecule has 0 unspecified atom stereocenters. The molecule has 1 saturated heterocycles. The highest BCUT2D eigenvalue weighted by Crippen LogP contribution is 2.36. The van der Waals surface area contributed by atoms with Gasteiger partial charge in [0, 0.05) is 12.5 Å². The molecule has 1 aliphatic rings. The molecule has 1 aliphatic heterocycles. The third-order valence-electron chi connectivity index (χ3n) is 4.03. The summed E-state index contributed by atoms with van der Waals surface area (Å²) in [6, 6.07) is 4.00. The van der Waals surface area contributed by atoms with Crippen molar-refractivity contribution < 1.29 is 22.1 Å². The summed E-state index contributed by atoms with van der Waals surface area (Å²) in [6.07, 6.45) is 0. The van der Waals surface area contributed by atoms with Crippen LogP contribution in [0.15, 0.2) is 18.2 Å². The Hall–Kier alpha value is -1.16. The minimum atomic E-state index is -3.69. The first-order valence-corrected chi connectivity index (χ1v) is 8.32. The van der Waals surface area contributed by atoms with Crippen molar-refractivity contribution in [1.29, 1.82) is 0 Å². The number of hydrogen-bond donors (Lipinski definition) is 2. The van der Waals surface area contributed by atoms with Gasteiger partial charge < -0.3 is 9.31 Å². The van der Waals surface area contributed by atoms with Crippen LogP contribution in [-0.4, -0.2) is 33.8 Å². The summed E-state index contributed by atoms with van der Waals surface area (Å²) in [4.78, 5) is 0. The van der Waals surface area contributed by atoms with Crippen molar-refractivity contribution in [2.24, 2.45) is 0 Å². The maximum atomic E-state index is 14.3. The predicted octanol–water partition coefficient (Wildman–Crippen LogP) is 1.00. The standard InChI is InChI=1S/C13H20BFN2O4S/c1-12(2)13(3,4)21-14(20-12)10-7-6-9(8-11(10)15)17-22(18,19)16-5/h6-8,16-17H,1-5H3. The summed E-state index contributed by atoms with van der Waals surface area (Å²) in [5.41, 5.74) is -0.800. The Bertz CT molecular complexity index is 663. The van der Waals surface area contributed by atoms with Crippen LogP contribution in [0.1, 0.15) is 27.7 Å². The summed E-state index contributed by atoms with van der Waals surface area (Å²) < 4.78 is 52.9. The highest BCUT2D eigenvalue weighted by molar-refractivity contribution is 7.90. The number of nitrogens with one attached hydrogen (secondary N) is 2. The molecule has 2 N–H and O–H groups in total. The normalized spacial score (nSPS) is 20.2. The molecule has 2 rings (SSSR count). The number of anilines is 1. The molecule has 0 spiro atoms. The molecule has 6 nitrogen and oxygen atoms in total. The number of benzene rings is 1. The second-order valence-corrected chi connectivity index (χ2v) is 7.75. The van der Waals surface area contributed by atoms with Gasteiger partial charge in [-0.3, -0.25) is 4.72 Å². The fourth-order valence-electron chi connectivity index (χ4n) is 1.96. The van der Waals surface area contributed by atoms with E-state index in [4.69, 9.17) is 9.31 Å². The molecule has 0 radical (unpaired) electrons. The molecule has 22 heavy (non-hydrogen) atoms. The molecule has 0 saturated carbocycles. The highest BCUT2D eigenvalue weighted by atomic mass is 32.2. The first-order valence-electron chi connectivity index (χ1n) is 6.84. The lowest BCUT2D eigenvalue weighted by atomic mass is 9.78. The first kappa shape index (κ1) is 17.2. The summed E-state index contributed by atoms with van der Waals surface area (Å²) in [5, 5.41) is 0. The van der Waals surface area contributed by atoms with E-state index in [1.54, 1.807) is 0 Å². The lowest BCUT2D eigenvalue weighted by molar-refractivity contribution is 0.00578. The van der Waals surface area contributed by atoms with E-state index < -0.39 is 34.3 Å². The van der Waals surface area contributed by atoms with Crippen molar-refractivity contribution in [3.8, 4) is 0 Å². The Labute approximate surface area is 130 Å². The average Bonchev–Trinajstić information content (AvgIpc) is 2.57. The maximum absolute atomic E-state index is 14.3. The summed E-state index contributed by atoms with van der Waals surface area (Å²) in [7, 11) is -3.26. The third-order valence-corrected chi connectivity index (χ3v) is 5.07. The molecule has 1 heterocycles. The SMILES string of the molecule is CNS(=O)(=O)Nc1ccc(B2OC(C)(C)C(C)(C)O2)c(F)c1. The minimum Gasteiger partial charge on any atom is -0.399 e. The molecule has 1 aromatic rings. The van der Waals surface area contributed by atoms with Crippen LogP contribution in [0.2, 0.25) is 0 Å². The van der Waals surface area contributed by atoms with Crippen molar-refractivity contribution in [2.45, 2.75) is 38.9 Å². The van der Waals surface area contributed by atoms with Crippen LogP contribution < -0.4 is 14.9 Å². The van der Waals surface area contributed by atoms with Crippen LogP contribution in [0.3, 0.4) is 0 Å². The zero-order valence-electron chi connectivity index (χ0n) is 13.2. The molecule has 122 valence electrons. The van der Waals surface area contributed by atoms with E-state index in [2.05, 4.69) is 9.44 Å². The van der Waals surface area contributed by atoms with Gasteiger partial charge in [-0.05, 0) is 39.8 Å². The van der Waals surface area contributed by atoms with Gasteiger partial charge in [0.15, 0.2) is 0 Å². The molecule has 0 aromatic heterocycles. The Morgan fingerprint density at radius 2 is 1.68 bits per heavy atom. The Kier molecular flexibility index (Phi) is 4.29. The van der Waals surface area contributed by atoms with Crippen LogP contribution in [-0.2, 0) is 19.5 Å². The number of hydrogen-bond acceptors (Lipinski definition) is 4. The molecule has 0 atom stereocenters. The molecule has 9 heteroatoms. The van der Waals surface area contributed by atoms with Crippen LogP contribution in [0.5, 0.6) is 0 Å². The number of rotatable bonds is 4. The van der Waals surface area contributed by atoms with Gasteiger partial charge in [-0.25, -0.2) is 9.11 Å². The van der Waals surface area contributed by atoms with Gasteiger partial charge in [0.05, 0.1) is 16.9 Å². The van der Waals surface area contributed by atoms with Gasteiger partial charge in [-0.15, -0.1) is 0 Å². The molecule has 1 fully saturated rings. The summed E-state index contributed by atoms with van der Waals surface area (Å²) >= 11 is 0. The van der Waals surface area contributed by atoms with E-state index in [1.807, 2.05) is 27.7 Å². The maximum Gasteiger partial charge on any atom is 0.497 e. The second-order valence-electron chi connectivity index (χ2n) is 6.13. The fourth-order valence-corrected chi connectivity index (χ4v) is 2.50.